The van der Waals surface area contributed by atoms with Crippen LogP contribution in [-0.4, -0.2) is 58.2 Å². The first kappa shape index (κ1) is 16.6. The molecular weight excluding hydrogens is 294 g/mol. The summed E-state index contributed by atoms with van der Waals surface area (Å²) in [5.74, 6) is 0.482. The number of rotatable bonds is 4. The quantitative estimate of drug-likeness (QED) is 0.889. The third-order valence-electron chi connectivity index (χ3n) is 4.96. The van der Waals surface area contributed by atoms with Gasteiger partial charge in [0.25, 0.3) is 5.56 Å². The highest BCUT2D eigenvalue weighted by Gasteiger charge is 2.33. The topological polar surface area (TPSA) is 67.6 Å². The molecule has 0 aromatic carbocycles. The van der Waals surface area contributed by atoms with Crippen molar-refractivity contribution >= 4 is 0 Å². The molecule has 2 aliphatic heterocycles. The lowest BCUT2D eigenvalue weighted by Crippen LogP contribution is -2.50. The molecule has 1 unspecified atom stereocenters. The van der Waals surface area contributed by atoms with Gasteiger partial charge < -0.3 is 14.7 Å². The van der Waals surface area contributed by atoms with Crippen molar-refractivity contribution in [2.45, 2.75) is 44.8 Å². The van der Waals surface area contributed by atoms with Gasteiger partial charge in [-0.05, 0) is 57.7 Å². The van der Waals surface area contributed by atoms with Crippen molar-refractivity contribution in [3.8, 4) is 0 Å². The molecule has 0 saturated carbocycles. The fourth-order valence-corrected chi connectivity index (χ4v) is 3.63. The first-order chi connectivity index (χ1) is 11.0. The maximum absolute atomic E-state index is 11.9. The number of aliphatic hydroxyl groups is 1. The van der Waals surface area contributed by atoms with Crippen molar-refractivity contribution in [1.29, 1.82) is 0 Å². The number of β-amino-alcohol motifs (C(OH)–C–C–N with tert-alkyl or cyclic N) is 1. The first-order valence-corrected chi connectivity index (χ1v) is 8.61. The summed E-state index contributed by atoms with van der Waals surface area (Å²) in [6, 6.07) is 3.35. The number of hydrogen-bond donors (Lipinski definition) is 1. The van der Waals surface area contributed by atoms with E-state index in [9.17, 15) is 9.90 Å². The molecule has 6 heteroatoms. The van der Waals surface area contributed by atoms with E-state index in [-0.39, 0.29) is 5.56 Å². The maximum atomic E-state index is 11.9. The summed E-state index contributed by atoms with van der Waals surface area (Å²) in [6.07, 6.45) is 3.85. The van der Waals surface area contributed by atoms with Gasteiger partial charge in [-0.3, -0.25) is 4.79 Å². The lowest BCUT2D eigenvalue weighted by Gasteiger charge is -2.39. The number of hydrogen-bond acceptors (Lipinski definition) is 5. The molecule has 2 saturated heterocycles. The van der Waals surface area contributed by atoms with E-state index in [2.05, 4.69) is 10.00 Å². The van der Waals surface area contributed by atoms with Crippen LogP contribution in [-0.2, 0) is 11.3 Å². The normalized spacial score (nSPS) is 27.2. The smallest absolute Gasteiger partial charge is 0.266 e. The minimum Gasteiger partial charge on any atom is -0.386 e. The summed E-state index contributed by atoms with van der Waals surface area (Å²) in [5.41, 5.74) is 0.174. The Morgan fingerprint density at radius 2 is 2.17 bits per heavy atom. The van der Waals surface area contributed by atoms with E-state index >= 15 is 0 Å². The highest BCUT2D eigenvalue weighted by atomic mass is 16.5. The Morgan fingerprint density at radius 1 is 1.39 bits per heavy atom. The molecule has 23 heavy (non-hydrogen) atoms. The van der Waals surface area contributed by atoms with Crippen molar-refractivity contribution in [3.05, 3.63) is 28.2 Å². The molecule has 2 fully saturated rings. The van der Waals surface area contributed by atoms with Crippen LogP contribution in [0.2, 0.25) is 0 Å². The fourth-order valence-electron chi connectivity index (χ4n) is 3.63. The SMILES string of the molecule is Cc1ccc(=O)n(CC2CCN(CC3(O)CCCOC3)CC2)n1. The minimum absolute atomic E-state index is 0.0216. The molecule has 128 valence electrons. The average Bonchev–Trinajstić information content (AvgIpc) is 2.53. The molecule has 1 aromatic rings. The largest absolute Gasteiger partial charge is 0.386 e. The van der Waals surface area contributed by atoms with E-state index in [1.807, 2.05) is 6.92 Å². The predicted molar refractivity (Wildman–Crippen MR) is 87.4 cm³/mol. The third-order valence-corrected chi connectivity index (χ3v) is 4.96. The van der Waals surface area contributed by atoms with E-state index in [4.69, 9.17) is 4.74 Å². The molecule has 0 amide bonds. The van der Waals surface area contributed by atoms with Crippen LogP contribution < -0.4 is 5.56 Å². The summed E-state index contributed by atoms with van der Waals surface area (Å²) < 4.78 is 7.02. The van der Waals surface area contributed by atoms with Gasteiger partial charge in [0.1, 0.15) is 5.60 Å². The second kappa shape index (κ2) is 7.11. The predicted octanol–water partition coefficient (Wildman–Crippen LogP) is 0.805. The first-order valence-electron chi connectivity index (χ1n) is 8.61. The number of aromatic nitrogens is 2. The molecule has 1 atom stereocenters. The molecule has 0 aliphatic carbocycles. The van der Waals surface area contributed by atoms with Gasteiger partial charge >= 0.3 is 0 Å². The van der Waals surface area contributed by atoms with Crippen molar-refractivity contribution in [1.82, 2.24) is 14.7 Å². The molecule has 0 spiro atoms. The van der Waals surface area contributed by atoms with Crippen LogP contribution in [0.4, 0.5) is 0 Å². The van der Waals surface area contributed by atoms with Gasteiger partial charge in [-0.1, -0.05) is 0 Å². The fraction of sp³-hybridized carbons (Fsp3) is 0.765. The molecule has 0 bridgehead atoms. The van der Waals surface area contributed by atoms with Gasteiger partial charge in [-0.15, -0.1) is 0 Å². The lowest BCUT2D eigenvalue weighted by molar-refractivity contribution is -0.103. The second-order valence-electron chi connectivity index (χ2n) is 7.10. The summed E-state index contributed by atoms with van der Waals surface area (Å²) >= 11 is 0. The molecule has 1 N–H and O–H groups in total. The van der Waals surface area contributed by atoms with Crippen LogP contribution in [0.25, 0.3) is 0 Å². The van der Waals surface area contributed by atoms with Crippen molar-refractivity contribution in [2.24, 2.45) is 5.92 Å². The number of aryl methyl sites for hydroxylation is 1. The van der Waals surface area contributed by atoms with Crippen molar-refractivity contribution in [2.75, 3.05) is 32.8 Å². The van der Waals surface area contributed by atoms with Crippen LogP contribution in [0.15, 0.2) is 16.9 Å². The Bertz CT molecular complexity index is 573. The second-order valence-corrected chi connectivity index (χ2v) is 7.10. The Labute approximate surface area is 137 Å². The van der Waals surface area contributed by atoms with Crippen LogP contribution in [0.1, 0.15) is 31.4 Å². The summed E-state index contributed by atoms with van der Waals surface area (Å²) in [5, 5.41) is 14.9. The standard InChI is InChI=1S/C17H27N3O3/c1-14-3-4-16(21)20(18-14)11-15-5-8-19(9-6-15)12-17(22)7-2-10-23-13-17/h3-4,15,22H,2,5-13H2,1H3. The lowest BCUT2D eigenvalue weighted by atomic mass is 9.92. The summed E-state index contributed by atoms with van der Waals surface area (Å²) in [7, 11) is 0. The van der Waals surface area contributed by atoms with E-state index in [0.717, 1.165) is 51.1 Å². The van der Waals surface area contributed by atoms with Gasteiger partial charge in [0, 0.05) is 25.8 Å². The molecule has 6 nitrogen and oxygen atoms in total. The molecule has 0 radical (unpaired) electrons. The zero-order valence-electron chi connectivity index (χ0n) is 13.9. The zero-order chi connectivity index (χ0) is 16.3. The van der Waals surface area contributed by atoms with Gasteiger partial charge in [-0.2, -0.15) is 5.10 Å². The maximum Gasteiger partial charge on any atom is 0.266 e. The van der Waals surface area contributed by atoms with Gasteiger partial charge in [0.05, 0.1) is 12.3 Å². The van der Waals surface area contributed by atoms with Crippen LogP contribution in [0.3, 0.4) is 0 Å². The van der Waals surface area contributed by atoms with E-state index in [1.165, 1.54) is 0 Å². The van der Waals surface area contributed by atoms with Crippen molar-refractivity contribution < 1.29 is 9.84 Å². The van der Waals surface area contributed by atoms with E-state index < -0.39 is 5.60 Å². The number of likely N-dealkylation sites (tertiary alicyclic amines) is 1. The van der Waals surface area contributed by atoms with Crippen molar-refractivity contribution in [3.63, 3.8) is 0 Å². The highest BCUT2D eigenvalue weighted by Crippen LogP contribution is 2.24. The van der Waals surface area contributed by atoms with Gasteiger partial charge in [-0.25, -0.2) is 4.68 Å². The van der Waals surface area contributed by atoms with Crippen LogP contribution in [0, 0.1) is 12.8 Å². The van der Waals surface area contributed by atoms with E-state index in [1.54, 1.807) is 16.8 Å². The van der Waals surface area contributed by atoms with Gasteiger partial charge in [0.15, 0.2) is 0 Å². The van der Waals surface area contributed by atoms with Crippen LogP contribution in [0.5, 0.6) is 0 Å². The average molecular weight is 321 g/mol. The summed E-state index contributed by atoms with van der Waals surface area (Å²) in [4.78, 5) is 14.2. The molecular formula is C17H27N3O3. The Balaban J connectivity index is 1.50. The Morgan fingerprint density at radius 3 is 2.87 bits per heavy atom. The summed E-state index contributed by atoms with van der Waals surface area (Å²) in [6.45, 7) is 6.45. The van der Waals surface area contributed by atoms with Crippen LogP contribution >= 0.6 is 0 Å². The number of piperidine rings is 1. The van der Waals surface area contributed by atoms with Gasteiger partial charge in [0.2, 0.25) is 0 Å². The Kier molecular flexibility index (Phi) is 5.14. The third kappa shape index (κ3) is 4.40. The highest BCUT2D eigenvalue weighted by molar-refractivity contribution is 4.97. The number of ether oxygens (including phenoxy) is 1. The molecule has 3 rings (SSSR count). The zero-order valence-corrected chi connectivity index (χ0v) is 13.9. The number of nitrogens with zero attached hydrogens (tertiary/aromatic N) is 3. The molecule has 3 heterocycles. The molecule has 1 aromatic heterocycles. The monoisotopic (exact) mass is 321 g/mol. The van der Waals surface area contributed by atoms with E-state index in [0.29, 0.717) is 25.6 Å². The minimum atomic E-state index is -0.680. The Hall–Kier alpha value is -1.24. The molecule has 2 aliphatic rings.